The Morgan fingerprint density at radius 2 is 1.52 bits per heavy atom. The van der Waals surface area contributed by atoms with Gasteiger partial charge in [-0.25, -0.2) is 0 Å². The van der Waals surface area contributed by atoms with E-state index in [0.717, 1.165) is 18.9 Å². The molecule has 0 spiro atoms. The minimum absolute atomic E-state index is 0.468. The third kappa shape index (κ3) is 5.98. The Morgan fingerprint density at radius 1 is 0.857 bits per heavy atom. The minimum atomic E-state index is 0.468. The Bertz CT molecular complexity index is 487. The topological polar surface area (TPSA) is 35.1 Å². The third-order valence-electron chi connectivity index (χ3n) is 3.35. The molecule has 2 aromatic carbocycles. The fourth-order valence-electron chi connectivity index (χ4n) is 2.13. The van der Waals surface area contributed by atoms with E-state index in [1.54, 1.807) is 0 Å². The summed E-state index contributed by atoms with van der Waals surface area (Å²) in [4.78, 5) is 0. The van der Waals surface area contributed by atoms with Gasteiger partial charge in [0.05, 0.1) is 19.8 Å². The van der Waals surface area contributed by atoms with Gasteiger partial charge in [0.2, 0.25) is 0 Å². The SMILES string of the molecule is C[C@H]([NH2+]CCOCCOc1ccccc1)c1ccccc1. The lowest BCUT2D eigenvalue weighted by atomic mass is 10.1. The quantitative estimate of drug-likeness (QED) is 0.718. The summed E-state index contributed by atoms with van der Waals surface area (Å²) in [6.07, 6.45) is 0. The summed E-state index contributed by atoms with van der Waals surface area (Å²) in [7, 11) is 0. The molecule has 21 heavy (non-hydrogen) atoms. The van der Waals surface area contributed by atoms with Crippen molar-refractivity contribution < 1.29 is 14.8 Å². The van der Waals surface area contributed by atoms with E-state index in [0.29, 0.717) is 19.3 Å². The van der Waals surface area contributed by atoms with Gasteiger partial charge < -0.3 is 14.8 Å². The number of benzene rings is 2. The minimum Gasteiger partial charge on any atom is -0.491 e. The lowest BCUT2D eigenvalue weighted by molar-refractivity contribution is -0.693. The summed E-state index contributed by atoms with van der Waals surface area (Å²) in [6.45, 7) is 5.14. The van der Waals surface area contributed by atoms with Crippen molar-refractivity contribution in [2.24, 2.45) is 0 Å². The maximum absolute atomic E-state index is 5.59. The summed E-state index contributed by atoms with van der Waals surface area (Å²) in [5.41, 5.74) is 1.35. The fourth-order valence-corrected chi connectivity index (χ4v) is 2.13. The average molecular weight is 286 g/mol. The lowest BCUT2D eigenvalue weighted by Crippen LogP contribution is -2.85. The van der Waals surface area contributed by atoms with Crippen molar-refractivity contribution in [3.63, 3.8) is 0 Å². The highest BCUT2D eigenvalue weighted by Gasteiger charge is 2.06. The van der Waals surface area contributed by atoms with Crippen LogP contribution in [0.2, 0.25) is 0 Å². The fraction of sp³-hybridized carbons (Fsp3) is 0.333. The molecular formula is C18H24NO2+. The van der Waals surface area contributed by atoms with Gasteiger partial charge in [0.25, 0.3) is 0 Å². The van der Waals surface area contributed by atoms with Crippen LogP contribution < -0.4 is 10.1 Å². The predicted octanol–water partition coefficient (Wildman–Crippen LogP) is 2.41. The molecule has 2 N–H and O–H groups in total. The maximum Gasteiger partial charge on any atom is 0.119 e. The molecule has 0 heterocycles. The molecule has 0 aliphatic rings. The van der Waals surface area contributed by atoms with E-state index in [1.165, 1.54) is 5.56 Å². The highest BCUT2D eigenvalue weighted by Crippen LogP contribution is 2.07. The molecule has 0 unspecified atom stereocenters. The van der Waals surface area contributed by atoms with E-state index in [1.807, 2.05) is 36.4 Å². The molecule has 0 saturated carbocycles. The largest absolute Gasteiger partial charge is 0.491 e. The number of ether oxygens (including phenoxy) is 2. The molecule has 0 aromatic heterocycles. The second-order valence-corrected chi connectivity index (χ2v) is 5.00. The van der Waals surface area contributed by atoms with Gasteiger partial charge >= 0.3 is 0 Å². The first kappa shape index (κ1) is 15.5. The lowest BCUT2D eigenvalue weighted by Gasteiger charge is -2.11. The first-order valence-corrected chi connectivity index (χ1v) is 7.50. The second kappa shape index (κ2) is 9.16. The Morgan fingerprint density at radius 3 is 2.24 bits per heavy atom. The summed E-state index contributed by atoms with van der Waals surface area (Å²) in [6, 6.07) is 20.8. The van der Waals surface area contributed by atoms with Crippen molar-refractivity contribution in [2.75, 3.05) is 26.4 Å². The van der Waals surface area contributed by atoms with Crippen LogP contribution in [0.3, 0.4) is 0 Å². The Labute approximate surface area is 126 Å². The molecule has 2 aromatic rings. The molecule has 0 radical (unpaired) electrons. The molecule has 1 atom stereocenters. The molecule has 0 saturated heterocycles. The normalized spacial score (nSPS) is 12.0. The van der Waals surface area contributed by atoms with Gasteiger partial charge in [0.15, 0.2) is 0 Å². The van der Waals surface area contributed by atoms with Crippen LogP contribution in [0.4, 0.5) is 0 Å². The number of rotatable bonds is 9. The van der Waals surface area contributed by atoms with Crippen molar-refractivity contribution in [3.05, 3.63) is 66.2 Å². The van der Waals surface area contributed by atoms with E-state index in [-0.39, 0.29) is 0 Å². The van der Waals surface area contributed by atoms with Gasteiger partial charge in [-0.05, 0) is 19.1 Å². The van der Waals surface area contributed by atoms with Crippen LogP contribution in [0.15, 0.2) is 60.7 Å². The molecule has 112 valence electrons. The zero-order valence-electron chi connectivity index (χ0n) is 12.6. The number of para-hydroxylation sites is 1. The first-order valence-electron chi connectivity index (χ1n) is 7.50. The number of hydrogen-bond donors (Lipinski definition) is 1. The van der Waals surface area contributed by atoms with Crippen LogP contribution in [0.1, 0.15) is 18.5 Å². The first-order chi connectivity index (χ1) is 10.4. The molecule has 0 fully saturated rings. The average Bonchev–Trinajstić information content (AvgIpc) is 2.55. The van der Waals surface area contributed by atoms with Gasteiger partial charge in [0, 0.05) is 5.56 Å². The number of hydrogen-bond acceptors (Lipinski definition) is 2. The smallest absolute Gasteiger partial charge is 0.119 e. The highest BCUT2D eigenvalue weighted by molar-refractivity contribution is 5.20. The standard InChI is InChI=1S/C18H23NO2/c1-16(17-8-4-2-5-9-17)19-12-13-20-14-15-21-18-10-6-3-7-11-18/h2-11,16,19H,12-15H2,1H3/p+1/t16-/m0/s1. The molecule has 2 rings (SSSR count). The van der Waals surface area contributed by atoms with Gasteiger partial charge in [-0.2, -0.15) is 0 Å². The Kier molecular flexibility index (Phi) is 6.78. The predicted molar refractivity (Wildman–Crippen MR) is 84.4 cm³/mol. The van der Waals surface area contributed by atoms with Crippen molar-refractivity contribution in [1.82, 2.24) is 0 Å². The summed E-state index contributed by atoms with van der Waals surface area (Å²) >= 11 is 0. The Hall–Kier alpha value is -1.84. The summed E-state index contributed by atoms with van der Waals surface area (Å²) in [5.74, 6) is 0.894. The third-order valence-corrected chi connectivity index (χ3v) is 3.35. The molecule has 0 bridgehead atoms. The van der Waals surface area contributed by atoms with Crippen LogP contribution in [0, 0.1) is 0 Å². The Balaban J connectivity index is 1.50. The zero-order valence-corrected chi connectivity index (χ0v) is 12.6. The molecule has 0 aliphatic heterocycles. The van der Waals surface area contributed by atoms with Crippen molar-refractivity contribution in [2.45, 2.75) is 13.0 Å². The highest BCUT2D eigenvalue weighted by atomic mass is 16.5. The maximum atomic E-state index is 5.59. The van der Waals surface area contributed by atoms with Crippen LogP contribution in [-0.2, 0) is 4.74 Å². The number of quaternary nitrogens is 1. The van der Waals surface area contributed by atoms with Gasteiger partial charge in [-0.15, -0.1) is 0 Å². The second-order valence-electron chi connectivity index (χ2n) is 5.00. The van der Waals surface area contributed by atoms with E-state index < -0.39 is 0 Å². The number of nitrogens with two attached hydrogens (primary N) is 1. The van der Waals surface area contributed by atoms with Crippen LogP contribution in [-0.4, -0.2) is 26.4 Å². The van der Waals surface area contributed by atoms with Crippen LogP contribution in [0.25, 0.3) is 0 Å². The van der Waals surface area contributed by atoms with E-state index in [9.17, 15) is 0 Å². The van der Waals surface area contributed by atoms with Crippen molar-refractivity contribution >= 4 is 0 Å². The van der Waals surface area contributed by atoms with E-state index in [4.69, 9.17) is 9.47 Å². The van der Waals surface area contributed by atoms with Crippen molar-refractivity contribution in [3.8, 4) is 5.75 Å². The zero-order chi connectivity index (χ0) is 14.8. The molecule has 0 aliphatic carbocycles. The van der Waals surface area contributed by atoms with E-state index in [2.05, 4.69) is 36.5 Å². The molecule has 0 amide bonds. The van der Waals surface area contributed by atoms with E-state index >= 15 is 0 Å². The monoisotopic (exact) mass is 286 g/mol. The molecular weight excluding hydrogens is 262 g/mol. The van der Waals surface area contributed by atoms with Gasteiger partial charge in [0.1, 0.15) is 18.4 Å². The van der Waals surface area contributed by atoms with Crippen LogP contribution in [0.5, 0.6) is 5.75 Å². The molecule has 3 nitrogen and oxygen atoms in total. The van der Waals surface area contributed by atoms with Crippen LogP contribution >= 0.6 is 0 Å². The summed E-state index contributed by atoms with van der Waals surface area (Å²) in [5, 5.41) is 2.30. The van der Waals surface area contributed by atoms with Crippen molar-refractivity contribution in [1.29, 1.82) is 0 Å². The van der Waals surface area contributed by atoms with Gasteiger partial charge in [-0.3, -0.25) is 0 Å². The molecule has 3 heteroatoms. The summed E-state index contributed by atoms with van der Waals surface area (Å²) < 4.78 is 11.2. The van der Waals surface area contributed by atoms with Gasteiger partial charge in [-0.1, -0.05) is 48.5 Å².